The number of hydrogen-bond acceptors (Lipinski definition) is 7. The van der Waals surface area contributed by atoms with Crippen LogP contribution in [0.3, 0.4) is 0 Å². The van der Waals surface area contributed by atoms with Gasteiger partial charge < -0.3 is 25.3 Å². The molecule has 44 heavy (non-hydrogen) atoms. The molecule has 0 unspecified atom stereocenters. The fourth-order valence-electron chi connectivity index (χ4n) is 6.31. The number of benzene rings is 3. The molecule has 3 aliphatic heterocycles. The molecule has 3 aromatic carbocycles. The van der Waals surface area contributed by atoms with Gasteiger partial charge in [0, 0.05) is 29.2 Å². The number of nitrogens with one attached hydrogen (secondary N) is 1. The molecule has 0 radical (unpaired) electrons. The van der Waals surface area contributed by atoms with Gasteiger partial charge in [-0.05, 0) is 31.0 Å². The first-order chi connectivity index (χ1) is 21.2. The number of amides is 1. The summed E-state index contributed by atoms with van der Waals surface area (Å²) in [5.74, 6) is -4.63. The molecule has 1 saturated heterocycles. The summed E-state index contributed by atoms with van der Waals surface area (Å²) in [6, 6.07) is 11.5. The van der Waals surface area contributed by atoms with Gasteiger partial charge in [-0.25, -0.2) is 13.2 Å². The fourth-order valence-corrected chi connectivity index (χ4v) is 6.58. The number of alkyl halides is 1. The Kier molecular flexibility index (Phi) is 6.78. The van der Waals surface area contributed by atoms with Crippen molar-refractivity contribution >= 4 is 17.5 Å². The monoisotopic (exact) mass is 624 g/mol. The fraction of sp³-hybridized carbons (Fsp3) is 0.258. The Balaban J connectivity index is 1.42. The van der Waals surface area contributed by atoms with E-state index in [0.717, 1.165) is 48.0 Å². The topological polar surface area (TPSA) is 118 Å². The van der Waals surface area contributed by atoms with E-state index in [1.165, 1.54) is 0 Å². The maximum atomic E-state index is 16.6. The van der Waals surface area contributed by atoms with Crippen LogP contribution in [0.4, 0.5) is 13.2 Å². The maximum Gasteiger partial charge on any atom is 0.300 e. The van der Waals surface area contributed by atoms with Gasteiger partial charge in [0.2, 0.25) is 11.7 Å². The predicted molar refractivity (Wildman–Crippen MR) is 153 cm³/mol. The highest BCUT2D eigenvalue weighted by Crippen LogP contribution is 2.54. The number of rotatable bonds is 6. The number of nitrogens with two attached hydrogens (primary N) is 1. The van der Waals surface area contributed by atoms with Crippen LogP contribution in [0.15, 0.2) is 53.6 Å². The van der Waals surface area contributed by atoms with E-state index in [-0.39, 0.29) is 41.9 Å². The van der Waals surface area contributed by atoms with E-state index in [4.69, 9.17) is 31.5 Å². The Morgan fingerprint density at radius 2 is 1.93 bits per heavy atom. The SMILES string of the molecule is NC(=O)c1cc2c(c(F)c1-c1c(Cl)c(F)cc3c1C[C@](c1ccccc1)([C@@H]1CCCN1)O3)Oc1ncn(CCF)c(=O)c1O2. The lowest BCUT2D eigenvalue weighted by Crippen LogP contribution is -2.48. The van der Waals surface area contributed by atoms with Gasteiger partial charge >= 0.3 is 5.56 Å². The highest BCUT2D eigenvalue weighted by atomic mass is 35.5. The summed E-state index contributed by atoms with van der Waals surface area (Å²) in [4.78, 5) is 29.6. The van der Waals surface area contributed by atoms with E-state index in [2.05, 4.69) is 10.3 Å². The molecule has 0 saturated carbocycles. The van der Waals surface area contributed by atoms with Crippen LogP contribution in [0.2, 0.25) is 5.02 Å². The Hall–Kier alpha value is -4.55. The number of carbonyl (C=O) groups excluding carboxylic acids is 1. The number of fused-ring (bicyclic) bond motifs is 3. The zero-order valence-electron chi connectivity index (χ0n) is 23.0. The Bertz CT molecular complexity index is 1900. The van der Waals surface area contributed by atoms with Crippen molar-refractivity contribution in [3.8, 4) is 40.0 Å². The summed E-state index contributed by atoms with van der Waals surface area (Å²) in [6.07, 6.45) is 2.89. The number of primary amides is 1. The van der Waals surface area contributed by atoms with Gasteiger partial charge in [0.1, 0.15) is 24.6 Å². The van der Waals surface area contributed by atoms with Crippen LogP contribution < -0.4 is 30.8 Å². The lowest BCUT2D eigenvalue weighted by atomic mass is 9.80. The highest BCUT2D eigenvalue weighted by molar-refractivity contribution is 6.34. The van der Waals surface area contributed by atoms with E-state index in [0.29, 0.717) is 5.56 Å². The second-order valence-electron chi connectivity index (χ2n) is 10.8. The van der Waals surface area contributed by atoms with Gasteiger partial charge in [0.05, 0.1) is 23.2 Å². The summed E-state index contributed by atoms with van der Waals surface area (Å²) in [7, 11) is 0. The number of nitrogens with zero attached hydrogens (tertiary/aromatic N) is 2. The van der Waals surface area contributed by atoms with Crippen LogP contribution in [0.25, 0.3) is 11.1 Å². The summed E-state index contributed by atoms with van der Waals surface area (Å²) in [6.45, 7) is -0.369. The van der Waals surface area contributed by atoms with E-state index in [1.54, 1.807) is 0 Å². The van der Waals surface area contributed by atoms with Gasteiger partial charge in [0.15, 0.2) is 17.2 Å². The minimum atomic E-state index is -1.14. The summed E-state index contributed by atoms with van der Waals surface area (Å²) < 4.78 is 63.9. The number of ether oxygens (including phenoxy) is 3. The number of carbonyl (C=O) groups is 1. The third-order valence-corrected chi connectivity index (χ3v) is 8.68. The predicted octanol–water partition coefficient (Wildman–Crippen LogP) is 5.39. The first kappa shape index (κ1) is 28.2. The van der Waals surface area contributed by atoms with Crippen LogP contribution in [0.1, 0.15) is 34.3 Å². The molecule has 3 N–H and O–H groups in total. The van der Waals surface area contributed by atoms with Crippen molar-refractivity contribution in [2.75, 3.05) is 13.2 Å². The minimum Gasteiger partial charge on any atom is -0.480 e. The van der Waals surface area contributed by atoms with E-state index in [1.807, 2.05) is 30.3 Å². The van der Waals surface area contributed by atoms with Gasteiger partial charge in [-0.1, -0.05) is 41.9 Å². The van der Waals surface area contributed by atoms with Gasteiger partial charge in [-0.3, -0.25) is 14.2 Å². The third kappa shape index (κ3) is 4.23. The largest absolute Gasteiger partial charge is 0.480 e. The standard InChI is InChI=1S/C31H24ClF3N4O5/c32-24-18(34)12-19-17(13-31(44-19,21-7-4-9-37-21)15-5-2-1-3-6-15)22(24)23-16(28(36)40)11-20-26(25(23)35)43-29-27(42-20)30(41)39(10-8-33)14-38-29/h1-3,5-6,11-12,14,21,37H,4,7-10,13H2,(H2,36,40)/t21-,31-/m0/s1. The van der Waals surface area contributed by atoms with Gasteiger partial charge in [0.25, 0.3) is 11.6 Å². The molecule has 1 fully saturated rings. The molecule has 2 atom stereocenters. The molecule has 0 aliphatic carbocycles. The lowest BCUT2D eigenvalue weighted by Gasteiger charge is -2.35. The molecule has 4 heterocycles. The van der Waals surface area contributed by atoms with Crippen LogP contribution in [-0.4, -0.2) is 34.7 Å². The first-order valence-corrected chi connectivity index (χ1v) is 14.3. The van der Waals surface area contributed by atoms with Crippen molar-refractivity contribution < 1.29 is 32.2 Å². The zero-order chi connectivity index (χ0) is 30.7. The third-order valence-electron chi connectivity index (χ3n) is 8.31. The van der Waals surface area contributed by atoms with Crippen molar-refractivity contribution in [1.82, 2.24) is 14.9 Å². The molecule has 7 rings (SSSR count). The smallest absolute Gasteiger partial charge is 0.300 e. The minimum absolute atomic E-state index is 0.118. The summed E-state index contributed by atoms with van der Waals surface area (Å²) in [5.41, 5.74) is 4.24. The van der Waals surface area contributed by atoms with Crippen LogP contribution >= 0.6 is 11.6 Å². The molecule has 13 heteroatoms. The van der Waals surface area contributed by atoms with Crippen molar-refractivity contribution in [2.24, 2.45) is 5.73 Å². The molecule has 1 aromatic heterocycles. The van der Waals surface area contributed by atoms with Crippen molar-refractivity contribution in [3.05, 3.63) is 92.5 Å². The first-order valence-electron chi connectivity index (χ1n) is 13.9. The van der Waals surface area contributed by atoms with Crippen molar-refractivity contribution in [1.29, 1.82) is 0 Å². The molecule has 3 aliphatic rings. The number of hydrogen-bond donors (Lipinski definition) is 2. The normalized spacial score (nSPS) is 19.8. The molecule has 226 valence electrons. The average Bonchev–Trinajstić information content (AvgIpc) is 3.69. The van der Waals surface area contributed by atoms with Crippen LogP contribution in [-0.2, 0) is 18.6 Å². The average molecular weight is 625 g/mol. The van der Waals surface area contributed by atoms with Gasteiger partial charge in [-0.2, -0.15) is 4.98 Å². The number of aryl methyl sites for hydroxylation is 1. The zero-order valence-corrected chi connectivity index (χ0v) is 23.7. The maximum absolute atomic E-state index is 16.6. The van der Waals surface area contributed by atoms with Crippen LogP contribution in [0.5, 0.6) is 28.9 Å². The summed E-state index contributed by atoms with van der Waals surface area (Å²) in [5, 5.41) is 3.03. The lowest BCUT2D eigenvalue weighted by molar-refractivity contribution is 0.0539. The molecule has 0 bridgehead atoms. The van der Waals surface area contributed by atoms with E-state index >= 15 is 8.78 Å². The summed E-state index contributed by atoms with van der Waals surface area (Å²) >= 11 is 6.57. The molecule has 9 nitrogen and oxygen atoms in total. The molecule has 1 amide bonds. The highest BCUT2D eigenvalue weighted by Gasteiger charge is 2.50. The van der Waals surface area contributed by atoms with E-state index in [9.17, 15) is 14.0 Å². The molecular formula is C31H24ClF3N4O5. The second kappa shape index (κ2) is 10.6. The van der Waals surface area contributed by atoms with Crippen molar-refractivity contribution in [3.63, 3.8) is 0 Å². The Morgan fingerprint density at radius 3 is 2.64 bits per heavy atom. The Labute approximate surface area is 253 Å². The van der Waals surface area contributed by atoms with Crippen molar-refractivity contribution in [2.45, 2.75) is 37.5 Å². The molecular weight excluding hydrogens is 601 g/mol. The molecule has 0 spiro atoms. The Morgan fingerprint density at radius 1 is 1.14 bits per heavy atom. The quantitative estimate of drug-likeness (QED) is 0.260. The molecule has 4 aromatic rings. The number of halogens is 4. The van der Waals surface area contributed by atoms with E-state index < -0.39 is 63.0 Å². The second-order valence-corrected chi connectivity index (χ2v) is 11.2. The van der Waals surface area contributed by atoms with Gasteiger partial charge in [-0.15, -0.1) is 0 Å². The van der Waals surface area contributed by atoms with Crippen LogP contribution in [0, 0.1) is 11.6 Å². The number of aromatic nitrogens is 2.